The Hall–Kier alpha value is -2.13. The van der Waals surface area contributed by atoms with E-state index in [9.17, 15) is 14.4 Å². The molecule has 3 N–H and O–H groups in total. The zero-order valence-electron chi connectivity index (χ0n) is 15.5. The standard InChI is InChI=1S/C18H25N3O5S/c1-3-5-13(20-17(24)14-10-27-18(21-14)11(2)22)15-8-12(9-16(23)26-15)25-7-4-6-19/h8-9,13-14H,3-7,10,19H2,1-2H3,(H,20,24). The molecule has 148 valence electrons. The first-order valence-corrected chi connectivity index (χ1v) is 9.93. The van der Waals surface area contributed by atoms with Crippen molar-refractivity contribution in [2.75, 3.05) is 18.9 Å². The third-order valence-electron chi connectivity index (χ3n) is 3.87. The number of carbonyl (C=O) groups is 2. The average molecular weight is 395 g/mol. The summed E-state index contributed by atoms with van der Waals surface area (Å²) >= 11 is 1.28. The van der Waals surface area contributed by atoms with Crippen molar-refractivity contribution in [3.8, 4) is 5.75 Å². The maximum absolute atomic E-state index is 12.5. The van der Waals surface area contributed by atoms with Crippen LogP contribution >= 0.6 is 11.8 Å². The normalized spacial score (nSPS) is 17.3. The predicted molar refractivity (Wildman–Crippen MR) is 104 cm³/mol. The highest BCUT2D eigenvalue weighted by Crippen LogP contribution is 2.24. The lowest BCUT2D eigenvalue weighted by atomic mass is 10.1. The van der Waals surface area contributed by atoms with E-state index in [-0.39, 0.29) is 11.7 Å². The van der Waals surface area contributed by atoms with Crippen molar-refractivity contribution in [3.63, 3.8) is 0 Å². The molecule has 27 heavy (non-hydrogen) atoms. The lowest BCUT2D eigenvalue weighted by Gasteiger charge is -2.19. The number of amides is 1. The zero-order valence-corrected chi connectivity index (χ0v) is 16.3. The molecule has 0 fully saturated rings. The number of hydrogen-bond acceptors (Lipinski definition) is 8. The fourth-order valence-electron chi connectivity index (χ4n) is 2.54. The minimum absolute atomic E-state index is 0.145. The first-order valence-electron chi connectivity index (χ1n) is 8.94. The Balaban J connectivity index is 2.13. The Bertz CT molecular complexity index is 762. The minimum atomic E-state index is -0.621. The van der Waals surface area contributed by atoms with Crippen molar-refractivity contribution in [2.24, 2.45) is 10.7 Å². The molecule has 0 bridgehead atoms. The van der Waals surface area contributed by atoms with E-state index in [1.165, 1.54) is 24.8 Å². The Morgan fingerprint density at radius 2 is 2.26 bits per heavy atom. The molecule has 8 nitrogen and oxygen atoms in total. The number of nitrogens with one attached hydrogen (secondary N) is 1. The second-order valence-electron chi connectivity index (χ2n) is 6.17. The summed E-state index contributed by atoms with van der Waals surface area (Å²) in [6.07, 6.45) is 2.03. The van der Waals surface area contributed by atoms with Gasteiger partial charge in [-0.2, -0.15) is 0 Å². The van der Waals surface area contributed by atoms with Gasteiger partial charge < -0.3 is 20.2 Å². The Labute approximate surface area is 161 Å². The number of Topliss-reactive ketones (excluding diaryl/α,β-unsaturated/α-hetero) is 1. The highest BCUT2D eigenvalue weighted by molar-refractivity contribution is 8.16. The summed E-state index contributed by atoms with van der Waals surface area (Å²) in [5.41, 5.74) is 4.90. The van der Waals surface area contributed by atoms with E-state index in [4.69, 9.17) is 14.9 Å². The molecular formula is C18H25N3O5S. The average Bonchev–Trinajstić information content (AvgIpc) is 3.12. The monoisotopic (exact) mass is 395 g/mol. The van der Waals surface area contributed by atoms with Crippen LogP contribution in [0.2, 0.25) is 0 Å². The molecule has 1 aromatic heterocycles. The second-order valence-corrected chi connectivity index (χ2v) is 7.18. The Morgan fingerprint density at radius 3 is 2.89 bits per heavy atom. The molecule has 1 amide bonds. The quantitative estimate of drug-likeness (QED) is 0.574. The van der Waals surface area contributed by atoms with Crippen molar-refractivity contribution >= 4 is 28.5 Å². The molecule has 1 aliphatic heterocycles. The fraction of sp³-hybridized carbons (Fsp3) is 0.556. The van der Waals surface area contributed by atoms with Gasteiger partial charge in [-0.05, 0) is 19.4 Å². The third-order valence-corrected chi connectivity index (χ3v) is 5.02. The van der Waals surface area contributed by atoms with Gasteiger partial charge in [0.25, 0.3) is 0 Å². The van der Waals surface area contributed by atoms with E-state index in [0.717, 1.165) is 6.42 Å². The van der Waals surface area contributed by atoms with Gasteiger partial charge >= 0.3 is 5.63 Å². The van der Waals surface area contributed by atoms with Gasteiger partial charge in [-0.1, -0.05) is 13.3 Å². The van der Waals surface area contributed by atoms with Gasteiger partial charge in [-0.3, -0.25) is 14.6 Å². The van der Waals surface area contributed by atoms with E-state index in [1.807, 2.05) is 6.92 Å². The van der Waals surface area contributed by atoms with Gasteiger partial charge in [0.05, 0.1) is 18.7 Å². The van der Waals surface area contributed by atoms with Crippen molar-refractivity contribution in [1.29, 1.82) is 0 Å². The molecule has 1 aliphatic rings. The molecule has 2 atom stereocenters. The molecule has 2 unspecified atom stereocenters. The van der Waals surface area contributed by atoms with Crippen LogP contribution in [0, 0.1) is 0 Å². The Kier molecular flexibility index (Phi) is 8.05. The smallest absolute Gasteiger partial charge is 0.339 e. The van der Waals surface area contributed by atoms with E-state index in [1.54, 1.807) is 6.07 Å². The largest absolute Gasteiger partial charge is 0.493 e. The highest BCUT2D eigenvalue weighted by atomic mass is 32.2. The number of rotatable bonds is 10. The van der Waals surface area contributed by atoms with Crippen molar-refractivity contribution < 1.29 is 18.7 Å². The van der Waals surface area contributed by atoms with Crippen molar-refractivity contribution in [2.45, 2.75) is 45.2 Å². The summed E-state index contributed by atoms with van der Waals surface area (Å²) in [4.78, 5) is 40.0. The Morgan fingerprint density at radius 1 is 1.48 bits per heavy atom. The topological polar surface area (TPSA) is 124 Å². The lowest BCUT2D eigenvalue weighted by molar-refractivity contribution is -0.122. The van der Waals surface area contributed by atoms with Gasteiger partial charge in [-0.25, -0.2) is 4.79 Å². The summed E-state index contributed by atoms with van der Waals surface area (Å²) in [7, 11) is 0. The van der Waals surface area contributed by atoms with Crippen LogP contribution in [0.3, 0.4) is 0 Å². The number of thioether (sulfide) groups is 1. The van der Waals surface area contributed by atoms with E-state index >= 15 is 0 Å². The van der Waals surface area contributed by atoms with Gasteiger partial charge in [0, 0.05) is 18.7 Å². The number of carbonyl (C=O) groups excluding carboxylic acids is 2. The molecule has 9 heteroatoms. The van der Waals surface area contributed by atoms with Crippen LogP contribution < -0.4 is 21.4 Å². The molecular weight excluding hydrogens is 370 g/mol. The fourth-order valence-corrected chi connectivity index (χ4v) is 3.49. The number of ketones is 1. The molecule has 0 aromatic carbocycles. The first kappa shape index (κ1) is 21.2. The van der Waals surface area contributed by atoms with Gasteiger partial charge in [0.1, 0.15) is 22.6 Å². The summed E-state index contributed by atoms with van der Waals surface area (Å²) < 4.78 is 10.8. The van der Waals surface area contributed by atoms with E-state index < -0.39 is 17.7 Å². The molecule has 2 heterocycles. The van der Waals surface area contributed by atoms with Crippen LogP contribution in [0.15, 0.2) is 26.3 Å². The van der Waals surface area contributed by atoms with Crippen LogP contribution in [0.1, 0.15) is 44.9 Å². The summed E-state index contributed by atoms with van der Waals surface area (Å²) in [5.74, 6) is 0.703. The molecule has 1 aromatic rings. The maximum Gasteiger partial charge on any atom is 0.339 e. The van der Waals surface area contributed by atoms with Crippen molar-refractivity contribution in [3.05, 3.63) is 28.3 Å². The predicted octanol–water partition coefficient (Wildman–Crippen LogP) is 1.43. The van der Waals surface area contributed by atoms with Crippen LogP contribution in [-0.2, 0) is 9.59 Å². The first-order chi connectivity index (χ1) is 12.9. The molecule has 0 saturated heterocycles. The zero-order chi connectivity index (χ0) is 19.8. The SMILES string of the molecule is CCCC(NC(=O)C1CSC(C(C)=O)=N1)c1cc(OCCCN)cc(=O)o1. The highest BCUT2D eigenvalue weighted by Gasteiger charge is 2.29. The van der Waals surface area contributed by atoms with Gasteiger partial charge in [0.15, 0.2) is 5.78 Å². The number of nitrogens with two attached hydrogens (primary N) is 1. The third kappa shape index (κ3) is 6.21. The van der Waals surface area contributed by atoms with Crippen LogP contribution in [0.25, 0.3) is 0 Å². The molecule has 0 aliphatic carbocycles. The molecule has 0 spiro atoms. The lowest BCUT2D eigenvalue weighted by Crippen LogP contribution is -2.37. The van der Waals surface area contributed by atoms with Gasteiger partial charge in [0.2, 0.25) is 5.91 Å². The molecule has 0 radical (unpaired) electrons. The van der Waals surface area contributed by atoms with Crippen molar-refractivity contribution in [1.82, 2.24) is 5.32 Å². The van der Waals surface area contributed by atoms with Crippen LogP contribution in [-0.4, -0.2) is 41.7 Å². The second kappa shape index (κ2) is 10.3. The number of nitrogens with zero attached hydrogens (tertiary/aromatic N) is 1. The van der Waals surface area contributed by atoms with Crippen LogP contribution in [0.4, 0.5) is 0 Å². The molecule has 2 rings (SSSR count). The maximum atomic E-state index is 12.5. The van der Waals surface area contributed by atoms with E-state index in [2.05, 4.69) is 10.3 Å². The summed E-state index contributed by atoms with van der Waals surface area (Å²) in [6, 6.07) is 1.78. The molecule has 0 saturated carbocycles. The van der Waals surface area contributed by atoms with Gasteiger partial charge in [-0.15, -0.1) is 11.8 Å². The van der Waals surface area contributed by atoms with E-state index in [0.29, 0.717) is 48.3 Å². The number of ether oxygens (including phenoxy) is 1. The minimum Gasteiger partial charge on any atom is -0.493 e. The van der Waals surface area contributed by atoms with Crippen LogP contribution in [0.5, 0.6) is 5.75 Å². The summed E-state index contributed by atoms with van der Waals surface area (Å²) in [5, 5.41) is 3.24. The number of aliphatic imine (C=N–C) groups is 1. The summed E-state index contributed by atoms with van der Waals surface area (Å²) in [6.45, 7) is 4.28. The number of hydrogen-bond donors (Lipinski definition) is 2.